The first-order valence-corrected chi connectivity index (χ1v) is 6.55. The number of aromatic nitrogens is 5. The van der Waals surface area contributed by atoms with E-state index in [2.05, 4.69) is 20.1 Å². The molecule has 0 aliphatic rings. The molecule has 4 aromatic heterocycles. The summed E-state index contributed by atoms with van der Waals surface area (Å²) in [7, 11) is 1.86. The van der Waals surface area contributed by atoms with E-state index < -0.39 is 0 Å². The molecule has 0 aliphatic carbocycles. The lowest BCUT2D eigenvalue weighted by Crippen LogP contribution is -1.86. The van der Waals surface area contributed by atoms with E-state index >= 15 is 0 Å². The molecule has 4 aromatic rings. The van der Waals surface area contributed by atoms with Crippen LogP contribution in [0.2, 0.25) is 0 Å². The first-order chi connectivity index (χ1) is 10.1. The van der Waals surface area contributed by atoms with Crippen LogP contribution in [0.4, 0.5) is 4.39 Å². The smallest absolute Gasteiger partial charge is 0.145 e. The zero-order valence-electron chi connectivity index (χ0n) is 11.6. The molecule has 6 heteroatoms. The molecule has 0 spiro atoms. The van der Waals surface area contributed by atoms with Gasteiger partial charge in [-0.2, -0.15) is 5.10 Å². The van der Waals surface area contributed by atoms with Gasteiger partial charge in [-0.25, -0.2) is 9.37 Å². The summed E-state index contributed by atoms with van der Waals surface area (Å²) >= 11 is 0. The number of hydrogen-bond donors (Lipinski definition) is 1. The molecule has 0 aliphatic heterocycles. The Morgan fingerprint density at radius 1 is 1.19 bits per heavy atom. The third-order valence-corrected chi connectivity index (χ3v) is 3.70. The van der Waals surface area contributed by atoms with Crippen molar-refractivity contribution in [2.24, 2.45) is 7.05 Å². The van der Waals surface area contributed by atoms with E-state index in [1.54, 1.807) is 24.0 Å². The second-order valence-corrected chi connectivity index (χ2v) is 5.10. The molecule has 0 saturated carbocycles. The summed E-state index contributed by atoms with van der Waals surface area (Å²) in [5, 5.41) is 5.87. The zero-order valence-corrected chi connectivity index (χ0v) is 11.6. The van der Waals surface area contributed by atoms with Crippen LogP contribution in [-0.4, -0.2) is 24.7 Å². The van der Waals surface area contributed by atoms with Crippen LogP contribution in [-0.2, 0) is 7.05 Å². The SMILES string of the molecule is Cc1c(F)cnc2[nH]c3cnc(-c4cnn(C)c4)cc3c12. The maximum absolute atomic E-state index is 13.8. The van der Waals surface area contributed by atoms with Crippen molar-refractivity contribution in [3.63, 3.8) is 0 Å². The van der Waals surface area contributed by atoms with Crippen LogP contribution < -0.4 is 0 Å². The number of nitrogens with one attached hydrogen (secondary N) is 1. The highest BCUT2D eigenvalue weighted by molar-refractivity contribution is 6.08. The maximum Gasteiger partial charge on any atom is 0.145 e. The lowest BCUT2D eigenvalue weighted by Gasteiger charge is -2.00. The molecule has 0 bridgehead atoms. The van der Waals surface area contributed by atoms with Gasteiger partial charge in [-0.3, -0.25) is 9.67 Å². The number of aromatic amines is 1. The Balaban J connectivity index is 2.06. The van der Waals surface area contributed by atoms with Crippen molar-refractivity contribution in [3.05, 3.63) is 42.2 Å². The molecule has 0 amide bonds. The van der Waals surface area contributed by atoms with Crippen LogP contribution in [0.5, 0.6) is 0 Å². The van der Waals surface area contributed by atoms with Crippen molar-refractivity contribution in [2.45, 2.75) is 6.92 Å². The number of H-pyrrole nitrogens is 1. The van der Waals surface area contributed by atoms with Crippen LogP contribution in [0.25, 0.3) is 33.2 Å². The fraction of sp³-hybridized carbons (Fsp3) is 0.133. The standard InChI is InChI=1S/C15H12FN5/c1-8-11(16)5-18-15-14(8)10-3-12(17-6-13(10)20-15)9-4-19-21(2)7-9/h3-7H,1-2H3,(H,18,20). The Morgan fingerprint density at radius 3 is 2.81 bits per heavy atom. The van der Waals surface area contributed by atoms with Crippen molar-refractivity contribution in [2.75, 3.05) is 0 Å². The molecule has 5 nitrogen and oxygen atoms in total. The molecule has 0 saturated heterocycles. The highest BCUT2D eigenvalue weighted by Crippen LogP contribution is 2.30. The van der Waals surface area contributed by atoms with Gasteiger partial charge in [0.15, 0.2) is 0 Å². The summed E-state index contributed by atoms with van der Waals surface area (Å²) in [6.45, 7) is 1.76. The van der Waals surface area contributed by atoms with Gasteiger partial charge < -0.3 is 4.98 Å². The third-order valence-electron chi connectivity index (χ3n) is 3.70. The molecule has 21 heavy (non-hydrogen) atoms. The van der Waals surface area contributed by atoms with E-state index in [1.807, 2.05) is 19.3 Å². The van der Waals surface area contributed by atoms with E-state index in [1.165, 1.54) is 6.20 Å². The quantitative estimate of drug-likeness (QED) is 0.583. The fourth-order valence-electron chi connectivity index (χ4n) is 2.60. The molecule has 0 fully saturated rings. The zero-order chi connectivity index (χ0) is 14.6. The van der Waals surface area contributed by atoms with Gasteiger partial charge >= 0.3 is 0 Å². The first-order valence-electron chi connectivity index (χ1n) is 6.55. The van der Waals surface area contributed by atoms with Crippen LogP contribution in [0, 0.1) is 12.7 Å². The predicted molar refractivity (Wildman–Crippen MR) is 78.3 cm³/mol. The molecule has 4 heterocycles. The number of fused-ring (bicyclic) bond motifs is 3. The number of rotatable bonds is 1. The van der Waals surface area contributed by atoms with Crippen molar-refractivity contribution in [1.29, 1.82) is 0 Å². The number of pyridine rings is 2. The number of nitrogens with zero attached hydrogens (tertiary/aromatic N) is 4. The minimum Gasteiger partial charge on any atom is -0.338 e. The molecule has 1 N–H and O–H groups in total. The van der Waals surface area contributed by atoms with E-state index in [9.17, 15) is 4.39 Å². The van der Waals surface area contributed by atoms with E-state index in [0.717, 1.165) is 27.5 Å². The summed E-state index contributed by atoms with van der Waals surface area (Å²) in [4.78, 5) is 11.7. The summed E-state index contributed by atoms with van der Waals surface area (Å²) in [6.07, 6.45) is 6.64. The van der Waals surface area contributed by atoms with E-state index in [-0.39, 0.29) is 5.82 Å². The molecule has 0 radical (unpaired) electrons. The number of aryl methyl sites for hydroxylation is 2. The Kier molecular flexibility index (Phi) is 2.35. The lowest BCUT2D eigenvalue weighted by molar-refractivity contribution is 0.615. The Labute approximate surface area is 119 Å². The Hall–Kier alpha value is -2.76. The minimum absolute atomic E-state index is 0.303. The van der Waals surface area contributed by atoms with Crippen molar-refractivity contribution >= 4 is 21.9 Å². The molecule has 4 rings (SSSR count). The topological polar surface area (TPSA) is 59.4 Å². The van der Waals surface area contributed by atoms with E-state index in [0.29, 0.717) is 11.2 Å². The van der Waals surface area contributed by atoms with Gasteiger partial charge in [0.1, 0.15) is 11.5 Å². The van der Waals surface area contributed by atoms with Crippen molar-refractivity contribution < 1.29 is 4.39 Å². The number of hydrogen-bond acceptors (Lipinski definition) is 3. The molecule has 0 aromatic carbocycles. The van der Waals surface area contributed by atoms with Gasteiger partial charge in [-0.05, 0) is 18.6 Å². The van der Waals surface area contributed by atoms with Gasteiger partial charge in [-0.15, -0.1) is 0 Å². The normalized spacial score (nSPS) is 11.6. The molecule has 0 atom stereocenters. The average Bonchev–Trinajstić information content (AvgIpc) is 3.06. The first kappa shape index (κ1) is 12.0. The van der Waals surface area contributed by atoms with Gasteiger partial charge in [0.2, 0.25) is 0 Å². The van der Waals surface area contributed by atoms with Gasteiger partial charge in [0.05, 0.1) is 29.8 Å². The summed E-state index contributed by atoms with van der Waals surface area (Å²) in [5.41, 5.74) is 3.85. The highest BCUT2D eigenvalue weighted by atomic mass is 19.1. The third kappa shape index (κ3) is 1.72. The van der Waals surface area contributed by atoms with Crippen molar-refractivity contribution in [3.8, 4) is 11.3 Å². The lowest BCUT2D eigenvalue weighted by atomic mass is 10.1. The molecule has 0 unspecified atom stereocenters. The fourth-order valence-corrected chi connectivity index (χ4v) is 2.60. The van der Waals surface area contributed by atoms with Crippen LogP contribution >= 0.6 is 0 Å². The molecular weight excluding hydrogens is 269 g/mol. The van der Waals surface area contributed by atoms with Gasteiger partial charge in [0, 0.05) is 29.6 Å². The summed E-state index contributed by atoms with van der Waals surface area (Å²) < 4.78 is 15.5. The Bertz CT molecular complexity index is 982. The van der Waals surface area contributed by atoms with Crippen molar-refractivity contribution in [1.82, 2.24) is 24.7 Å². The second kappa shape index (κ2) is 4.12. The van der Waals surface area contributed by atoms with Gasteiger partial charge in [-0.1, -0.05) is 0 Å². The molecular formula is C15H12FN5. The maximum atomic E-state index is 13.8. The van der Waals surface area contributed by atoms with Crippen LogP contribution in [0.1, 0.15) is 5.56 Å². The predicted octanol–water partition coefficient (Wildman–Crippen LogP) is 2.96. The Morgan fingerprint density at radius 2 is 2.05 bits per heavy atom. The summed E-state index contributed by atoms with van der Waals surface area (Å²) in [5.74, 6) is -0.303. The average molecular weight is 281 g/mol. The second-order valence-electron chi connectivity index (χ2n) is 5.10. The number of halogens is 1. The van der Waals surface area contributed by atoms with Gasteiger partial charge in [0.25, 0.3) is 0 Å². The molecule has 104 valence electrons. The van der Waals surface area contributed by atoms with Crippen LogP contribution in [0.15, 0.2) is 30.9 Å². The largest absolute Gasteiger partial charge is 0.338 e. The highest BCUT2D eigenvalue weighted by Gasteiger charge is 2.13. The van der Waals surface area contributed by atoms with Crippen LogP contribution in [0.3, 0.4) is 0 Å². The van der Waals surface area contributed by atoms with E-state index in [4.69, 9.17) is 0 Å². The minimum atomic E-state index is -0.303. The summed E-state index contributed by atoms with van der Waals surface area (Å²) in [6, 6.07) is 1.94. The monoisotopic (exact) mass is 281 g/mol.